The molecular weight excluding hydrogens is 456 g/mol. The van der Waals surface area contributed by atoms with Crippen LogP contribution in [0.4, 0.5) is 5.69 Å². The summed E-state index contributed by atoms with van der Waals surface area (Å²) in [6.45, 7) is 5.85. The second kappa shape index (κ2) is 10.5. The molecule has 2 saturated heterocycles. The van der Waals surface area contributed by atoms with Gasteiger partial charge in [0.15, 0.2) is 11.5 Å². The van der Waals surface area contributed by atoms with Crippen LogP contribution >= 0.6 is 0 Å². The summed E-state index contributed by atoms with van der Waals surface area (Å²) in [7, 11) is 0. The van der Waals surface area contributed by atoms with Gasteiger partial charge in [0.1, 0.15) is 19.3 Å². The van der Waals surface area contributed by atoms with Gasteiger partial charge in [0, 0.05) is 43.6 Å². The highest BCUT2D eigenvalue weighted by Gasteiger charge is 2.31. The highest BCUT2D eigenvalue weighted by molar-refractivity contribution is 5.80. The van der Waals surface area contributed by atoms with E-state index in [1.165, 1.54) is 12.8 Å². The lowest BCUT2D eigenvalue weighted by atomic mass is 10.0. The molecule has 1 saturated carbocycles. The summed E-state index contributed by atoms with van der Waals surface area (Å²) < 4.78 is 17.3. The molecule has 1 aliphatic carbocycles. The Bertz CT molecular complexity index is 1070. The van der Waals surface area contributed by atoms with E-state index < -0.39 is 0 Å². The van der Waals surface area contributed by atoms with Gasteiger partial charge < -0.3 is 29.3 Å². The average Bonchev–Trinajstić information content (AvgIpc) is 3.33. The first-order valence-corrected chi connectivity index (χ1v) is 13.5. The summed E-state index contributed by atoms with van der Waals surface area (Å²) in [4.78, 5) is 22.5. The maximum absolute atomic E-state index is 13.4. The molecule has 0 bridgehead atoms. The summed E-state index contributed by atoms with van der Waals surface area (Å²) in [5, 5.41) is 3.42. The fourth-order valence-corrected chi connectivity index (χ4v) is 5.48. The van der Waals surface area contributed by atoms with Crippen molar-refractivity contribution < 1.29 is 19.0 Å². The monoisotopic (exact) mass is 492 g/mol. The molecule has 8 nitrogen and oxygen atoms in total. The van der Waals surface area contributed by atoms with Crippen LogP contribution in [0.15, 0.2) is 36.5 Å². The molecule has 1 aromatic heterocycles. The molecule has 3 fully saturated rings. The number of hydrogen-bond donors (Lipinski definition) is 1. The van der Waals surface area contributed by atoms with Gasteiger partial charge in [-0.3, -0.25) is 4.79 Å². The molecule has 1 N–H and O–H groups in total. The van der Waals surface area contributed by atoms with Gasteiger partial charge in [-0.1, -0.05) is 6.07 Å². The number of rotatable bonds is 9. The Morgan fingerprint density at radius 3 is 2.72 bits per heavy atom. The third-order valence-electron chi connectivity index (χ3n) is 7.57. The van der Waals surface area contributed by atoms with E-state index >= 15 is 0 Å². The molecule has 36 heavy (non-hydrogen) atoms. The highest BCUT2D eigenvalue weighted by Crippen LogP contribution is 2.32. The van der Waals surface area contributed by atoms with Gasteiger partial charge in [0.05, 0.1) is 5.92 Å². The van der Waals surface area contributed by atoms with Crippen LogP contribution in [-0.2, 0) is 11.2 Å². The Balaban J connectivity index is 1.09. The van der Waals surface area contributed by atoms with E-state index in [9.17, 15) is 4.79 Å². The van der Waals surface area contributed by atoms with Gasteiger partial charge in [-0.25, -0.2) is 4.98 Å². The lowest BCUT2D eigenvalue weighted by Crippen LogP contribution is -2.46. The number of nitrogens with one attached hydrogen (secondary N) is 1. The quantitative estimate of drug-likeness (QED) is 0.577. The average molecular weight is 493 g/mol. The van der Waals surface area contributed by atoms with Gasteiger partial charge >= 0.3 is 0 Å². The minimum Gasteiger partial charge on any atom is -0.486 e. The number of anilines is 1. The predicted molar refractivity (Wildman–Crippen MR) is 137 cm³/mol. The Kier molecular flexibility index (Phi) is 6.86. The van der Waals surface area contributed by atoms with Crippen molar-refractivity contribution in [1.29, 1.82) is 0 Å². The van der Waals surface area contributed by atoms with Crippen molar-refractivity contribution in [1.82, 2.24) is 15.2 Å². The Labute approximate surface area is 212 Å². The molecule has 1 aromatic carbocycles. The molecule has 8 heteroatoms. The number of carbonyl (C=O) groups excluding carboxylic acids is 1. The number of nitrogens with zero attached hydrogens (tertiary/aromatic N) is 3. The number of benzene rings is 1. The zero-order chi connectivity index (χ0) is 24.3. The smallest absolute Gasteiger partial charge is 0.225 e. The zero-order valence-corrected chi connectivity index (χ0v) is 20.9. The number of amides is 1. The summed E-state index contributed by atoms with van der Waals surface area (Å²) in [6, 6.07) is 10.2. The number of likely N-dealkylation sites (tertiary alicyclic amines) is 1. The molecule has 192 valence electrons. The van der Waals surface area contributed by atoms with Crippen molar-refractivity contribution in [3.05, 3.63) is 42.1 Å². The van der Waals surface area contributed by atoms with E-state index in [2.05, 4.69) is 32.2 Å². The fraction of sp³-hybridized carbons (Fsp3) is 0.571. The SMILES string of the molecule is O=C(NC(Cc1ccc2c(c1)OCCO2)CN1CCCC1)[C@@H]1CCN(c2ccnc(OC3CC3)c2)C1. The lowest BCUT2D eigenvalue weighted by molar-refractivity contribution is -0.125. The van der Waals surface area contributed by atoms with Gasteiger partial charge in [0.2, 0.25) is 11.8 Å². The molecule has 0 spiro atoms. The van der Waals surface area contributed by atoms with Crippen molar-refractivity contribution in [3.63, 3.8) is 0 Å². The van der Waals surface area contributed by atoms with E-state index in [1.54, 1.807) is 6.20 Å². The van der Waals surface area contributed by atoms with Crippen LogP contribution in [0.5, 0.6) is 17.4 Å². The number of aromatic nitrogens is 1. The van der Waals surface area contributed by atoms with Crippen molar-refractivity contribution in [3.8, 4) is 17.4 Å². The van der Waals surface area contributed by atoms with Crippen molar-refractivity contribution >= 4 is 11.6 Å². The van der Waals surface area contributed by atoms with Gasteiger partial charge in [-0.2, -0.15) is 0 Å². The first-order valence-electron chi connectivity index (χ1n) is 13.5. The number of carbonyl (C=O) groups is 1. The van der Waals surface area contributed by atoms with Crippen LogP contribution in [0.3, 0.4) is 0 Å². The van der Waals surface area contributed by atoms with E-state index in [0.717, 1.165) is 81.2 Å². The van der Waals surface area contributed by atoms with Gasteiger partial charge in [-0.15, -0.1) is 0 Å². The third-order valence-corrected chi connectivity index (χ3v) is 7.57. The van der Waals surface area contributed by atoms with Gasteiger partial charge in [-0.05, 0) is 75.4 Å². The summed E-state index contributed by atoms with van der Waals surface area (Å²) in [6.07, 6.45) is 8.47. The van der Waals surface area contributed by atoms with Crippen LogP contribution in [-0.4, -0.2) is 73.9 Å². The number of hydrogen-bond acceptors (Lipinski definition) is 7. The molecule has 6 rings (SSSR count). The fourth-order valence-electron chi connectivity index (χ4n) is 5.48. The minimum absolute atomic E-state index is 0.0210. The molecule has 1 amide bonds. The molecule has 2 atom stereocenters. The molecule has 4 aliphatic rings. The van der Waals surface area contributed by atoms with E-state index in [1.807, 2.05) is 18.2 Å². The second-order valence-electron chi connectivity index (χ2n) is 10.5. The zero-order valence-electron chi connectivity index (χ0n) is 20.9. The molecule has 1 unspecified atom stereocenters. The van der Waals surface area contributed by atoms with Crippen molar-refractivity contribution in [2.45, 2.75) is 50.7 Å². The summed E-state index contributed by atoms with van der Waals surface area (Å²) >= 11 is 0. The Morgan fingerprint density at radius 2 is 1.89 bits per heavy atom. The second-order valence-corrected chi connectivity index (χ2v) is 10.5. The minimum atomic E-state index is -0.0210. The van der Waals surface area contributed by atoms with Gasteiger partial charge in [0.25, 0.3) is 0 Å². The van der Waals surface area contributed by atoms with E-state index in [0.29, 0.717) is 25.2 Å². The lowest BCUT2D eigenvalue weighted by Gasteiger charge is -2.27. The Hall–Kier alpha value is -3.00. The number of ether oxygens (including phenoxy) is 3. The molecule has 3 aliphatic heterocycles. The topological polar surface area (TPSA) is 76.2 Å². The maximum Gasteiger partial charge on any atom is 0.225 e. The third kappa shape index (κ3) is 5.69. The van der Waals surface area contributed by atoms with Crippen LogP contribution in [0, 0.1) is 5.92 Å². The first kappa shape index (κ1) is 23.4. The summed E-state index contributed by atoms with van der Waals surface area (Å²) in [5.74, 6) is 2.43. The van der Waals surface area contributed by atoms with E-state index in [4.69, 9.17) is 14.2 Å². The summed E-state index contributed by atoms with van der Waals surface area (Å²) in [5.41, 5.74) is 2.25. The largest absolute Gasteiger partial charge is 0.486 e. The molecular formula is C28H36N4O4. The Morgan fingerprint density at radius 1 is 1.06 bits per heavy atom. The molecule has 4 heterocycles. The standard InChI is InChI=1S/C28H36N4O4/c33-28(21-8-12-32(18-21)23-7-9-29-27(17-23)36-24-4-5-24)30-22(19-31-10-1-2-11-31)15-20-3-6-25-26(16-20)35-14-13-34-25/h3,6-7,9,16-17,21-22,24H,1-2,4-5,8,10-15,18-19H2,(H,30,33)/t21-,22?/m1/s1. The van der Waals surface area contributed by atoms with Crippen LogP contribution < -0.4 is 24.4 Å². The van der Waals surface area contributed by atoms with E-state index in [-0.39, 0.29) is 17.9 Å². The van der Waals surface area contributed by atoms with Crippen molar-refractivity contribution in [2.75, 3.05) is 50.8 Å². The number of fused-ring (bicyclic) bond motifs is 1. The van der Waals surface area contributed by atoms with Crippen LogP contribution in [0.1, 0.15) is 37.7 Å². The normalized spacial score (nSPS) is 22.4. The predicted octanol–water partition coefficient (Wildman–Crippen LogP) is 3.04. The van der Waals surface area contributed by atoms with Crippen LogP contribution in [0.2, 0.25) is 0 Å². The molecule has 2 aromatic rings. The van der Waals surface area contributed by atoms with Crippen LogP contribution in [0.25, 0.3) is 0 Å². The highest BCUT2D eigenvalue weighted by atomic mass is 16.6. The molecule has 0 radical (unpaired) electrons. The maximum atomic E-state index is 13.4. The number of pyridine rings is 1. The van der Waals surface area contributed by atoms with Crippen molar-refractivity contribution in [2.24, 2.45) is 5.92 Å². The first-order chi connectivity index (χ1) is 17.7.